The van der Waals surface area contributed by atoms with Crippen molar-refractivity contribution in [2.75, 3.05) is 10.8 Å². The van der Waals surface area contributed by atoms with Crippen molar-refractivity contribution in [2.24, 2.45) is 0 Å². The maximum absolute atomic E-state index is 14.1. The Balaban J connectivity index is 2.04. The van der Waals surface area contributed by atoms with E-state index in [1.165, 1.54) is 17.0 Å². The average Bonchev–Trinajstić information content (AvgIpc) is 2.93. The van der Waals surface area contributed by atoms with Gasteiger partial charge in [0.15, 0.2) is 0 Å². The van der Waals surface area contributed by atoms with E-state index in [0.29, 0.717) is 17.1 Å². The van der Waals surface area contributed by atoms with Gasteiger partial charge in [0.25, 0.3) is 10.0 Å². The molecule has 3 aromatic rings. The third-order valence-corrected chi connectivity index (χ3v) is 9.22. The van der Waals surface area contributed by atoms with Crippen molar-refractivity contribution in [3.05, 3.63) is 93.4 Å². The van der Waals surface area contributed by atoms with Gasteiger partial charge in [-0.05, 0) is 80.8 Å². The van der Waals surface area contributed by atoms with Gasteiger partial charge in [-0.3, -0.25) is 13.9 Å². The van der Waals surface area contributed by atoms with Gasteiger partial charge in [0.2, 0.25) is 11.8 Å². The van der Waals surface area contributed by atoms with E-state index in [-0.39, 0.29) is 23.4 Å². The quantitative estimate of drug-likeness (QED) is 0.249. The van der Waals surface area contributed by atoms with Gasteiger partial charge in [0.05, 0.1) is 10.6 Å². The van der Waals surface area contributed by atoms with Crippen LogP contribution in [0.1, 0.15) is 44.7 Å². The molecule has 0 radical (unpaired) electrons. The van der Waals surface area contributed by atoms with Crippen molar-refractivity contribution < 1.29 is 18.0 Å². The third kappa shape index (κ3) is 8.08. The first-order valence-corrected chi connectivity index (χ1v) is 15.8. The number of nitrogens with zero attached hydrogens (tertiary/aromatic N) is 2. The predicted octanol–water partition coefficient (Wildman–Crippen LogP) is 6.33. The van der Waals surface area contributed by atoms with Crippen LogP contribution >= 0.6 is 27.5 Å². The lowest BCUT2D eigenvalue weighted by atomic mass is 10.1. The number of amides is 2. The number of nitrogens with one attached hydrogen (secondary N) is 1. The normalized spacial score (nSPS) is 12.8. The van der Waals surface area contributed by atoms with Crippen LogP contribution < -0.4 is 9.62 Å². The number of aryl methyl sites for hydroxylation is 1. The fourth-order valence-electron chi connectivity index (χ4n) is 4.12. The summed E-state index contributed by atoms with van der Waals surface area (Å²) in [4.78, 5) is 28.9. The molecule has 7 nitrogen and oxygen atoms in total. The van der Waals surface area contributed by atoms with E-state index in [9.17, 15) is 18.0 Å². The van der Waals surface area contributed by atoms with Crippen LogP contribution in [0.25, 0.3) is 0 Å². The number of carbonyl (C=O) groups is 2. The Labute approximate surface area is 250 Å². The third-order valence-electron chi connectivity index (χ3n) is 6.66. The zero-order chi connectivity index (χ0) is 29.4. The van der Waals surface area contributed by atoms with Crippen molar-refractivity contribution in [2.45, 2.75) is 64.1 Å². The molecule has 0 fully saturated rings. The monoisotopic (exact) mass is 647 g/mol. The lowest BCUT2D eigenvalue weighted by Gasteiger charge is -2.33. The Hall–Kier alpha value is -2.88. The number of rotatable bonds is 12. The first kappa shape index (κ1) is 31.6. The zero-order valence-electron chi connectivity index (χ0n) is 23.1. The highest BCUT2D eigenvalue weighted by atomic mass is 79.9. The van der Waals surface area contributed by atoms with Gasteiger partial charge in [0.1, 0.15) is 12.6 Å². The molecule has 0 aliphatic heterocycles. The molecule has 214 valence electrons. The first-order chi connectivity index (χ1) is 19.0. The highest BCUT2D eigenvalue weighted by molar-refractivity contribution is 9.10. The molecule has 0 saturated heterocycles. The summed E-state index contributed by atoms with van der Waals surface area (Å²) in [6, 6.07) is 19.3. The second-order valence-corrected chi connectivity index (χ2v) is 12.9. The summed E-state index contributed by atoms with van der Waals surface area (Å²) in [6.45, 7) is 7.20. The van der Waals surface area contributed by atoms with Gasteiger partial charge in [-0.1, -0.05) is 71.2 Å². The molecule has 3 rings (SSSR count). The van der Waals surface area contributed by atoms with Gasteiger partial charge in [-0.15, -0.1) is 0 Å². The lowest BCUT2D eigenvalue weighted by Crippen LogP contribution is -2.53. The fourth-order valence-corrected chi connectivity index (χ4v) is 5.93. The Morgan fingerprint density at radius 1 is 0.925 bits per heavy atom. The summed E-state index contributed by atoms with van der Waals surface area (Å²) in [7, 11) is -4.11. The lowest BCUT2D eigenvalue weighted by molar-refractivity contribution is -0.140. The van der Waals surface area contributed by atoms with Crippen molar-refractivity contribution in [1.29, 1.82) is 0 Å². The van der Waals surface area contributed by atoms with E-state index in [2.05, 4.69) is 21.2 Å². The molecule has 2 amide bonds. The van der Waals surface area contributed by atoms with Crippen LogP contribution in [-0.4, -0.2) is 43.8 Å². The van der Waals surface area contributed by atoms with Gasteiger partial charge in [-0.2, -0.15) is 0 Å². The number of benzene rings is 3. The Morgan fingerprint density at radius 3 is 2.08 bits per heavy atom. The molecule has 40 heavy (non-hydrogen) atoms. The van der Waals surface area contributed by atoms with E-state index >= 15 is 0 Å². The molecule has 0 heterocycles. The zero-order valence-corrected chi connectivity index (χ0v) is 26.3. The standard InChI is InChI=1S/C30H35BrClN3O4S/c1-5-22(4)33-30(37)28(6-2)34(19-23-9-13-25(32)14-10-23)29(36)20-35(26-15-11-24(31)12-16-26)40(38,39)27-17-7-21(3)8-18-27/h7-18,22,28H,5-6,19-20H2,1-4H3,(H,33,37). The minimum Gasteiger partial charge on any atom is -0.352 e. The van der Waals surface area contributed by atoms with Crippen LogP contribution in [0.3, 0.4) is 0 Å². The molecule has 0 aromatic heterocycles. The highest BCUT2D eigenvalue weighted by Gasteiger charge is 2.34. The second-order valence-electron chi connectivity index (χ2n) is 9.69. The van der Waals surface area contributed by atoms with E-state index in [0.717, 1.165) is 26.3 Å². The van der Waals surface area contributed by atoms with Crippen LogP contribution in [0.4, 0.5) is 5.69 Å². The number of anilines is 1. The molecule has 10 heteroatoms. The molecule has 0 bridgehead atoms. The van der Waals surface area contributed by atoms with E-state index in [1.807, 2.05) is 27.7 Å². The molecule has 3 aromatic carbocycles. The Bertz CT molecular complexity index is 1400. The largest absolute Gasteiger partial charge is 0.352 e. The highest BCUT2D eigenvalue weighted by Crippen LogP contribution is 2.26. The fraction of sp³-hybridized carbons (Fsp3) is 0.333. The van der Waals surface area contributed by atoms with Crippen LogP contribution in [-0.2, 0) is 26.2 Å². The van der Waals surface area contributed by atoms with Crippen LogP contribution in [0.2, 0.25) is 5.02 Å². The Morgan fingerprint density at radius 2 is 1.52 bits per heavy atom. The van der Waals surface area contributed by atoms with Crippen LogP contribution in [0.5, 0.6) is 0 Å². The SMILES string of the molecule is CCC(C)NC(=O)C(CC)N(Cc1ccc(Cl)cc1)C(=O)CN(c1ccc(Br)cc1)S(=O)(=O)c1ccc(C)cc1. The average molecular weight is 649 g/mol. The molecule has 0 saturated carbocycles. The number of halogens is 2. The number of hydrogen-bond donors (Lipinski definition) is 1. The number of carbonyl (C=O) groups excluding carboxylic acids is 2. The topological polar surface area (TPSA) is 86.8 Å². The maximum atomic E-state index is 14.1. The summed E-state index contributed by atoms with van der Waals surface area (Å²) >= 11 is 9.46. The molecule has 0 aliphatic rings. The second kappa shape index (κ2) is 14.1. The summed E-state index contributed by atoms with van der Waals surface area (Å²) < 4.78 is 29.6. The molecule has 2 unspecified atom stereocenters. The molecule has 0 aliphatic carbocycles. The van der Waals surface area contributed by atoms with Crippen molar-refractivity contribution in [3.63, 3.8) is 0 Å². The van der Waals surface area contributed by atoms with Gasteiger partial charge in [-0.25, -0.2) is 8.42 Å². The molecule has 2 atom stereocenters. The molecule has 1 N–H and O–H groups in total. The maximum Gasteiger partial charge on any atom is 0.264 e. The van der Waals surface area contributed by atoms with Gasteiger partial charge < -0.3 is 10.2 Å². The van der Waals surface area contributed by atoms with Crippen LogP contribution in [0.15, 0.2) is 82.2 Å². The first-order valence-electron chi connectivity index (χ1n) is 13.2. The molecular weight excluding hydrogens is 614 g/mol. The van der Waals surface area contributed by atoms with E-state index in [1.54, 1.807) is 60.7 Å². The predicted molar refractivity (Wildman–Crippen MR) is 164 cm³/mol. The number of hydrogen-bond acceptors (Lipinski definition) is 4. The summed E-state index contributed by atoms with van der Waals surface area (Å²) in [5.74, 6) is -0.782. The van der Waals surface area contributed by atoms with Crippen molar-refractivity contribution >= 4 is 55.1 Å². The molecule has 0 spiro atoms. The minimum atomic E-state index is -4.11. The molecular formula is C30H35BrClN3O4S. The van der Waals surface area contributed by atoms with Gasteiger partial charge in [0, 0.05) is 22.1 Å². The van der Waals surface area contributed by atoms with Crippen LogP contribution in [0, 0.1) is 6.92 Å². The Kier molecular flexibility index (Phi) is 11.2. The minimum absolute atomic E-state index is 0.0691. The van der Waals surface area contributed by atoms with Crippen molar-refractivity contribution in [1.82, 2.24) is 10.2 Å². The van der Waals surface area contributed by atoms with Gasteiger partial charge >= 0.3 is 0 Å². The summed E-state index contributed by atoms with van der Waals surface area (Å²) in [5, 5.41) is 3.52. The van der Waals surface area contributed by atoms with E-state index in [4.69, 9.17) is 11.6 Å². The smallest absolute Gasteiger partial charge is 0.264 e. The van der Waals surface area contributed by atoms with Crippen molar-refractivity contribution in [3.8, 4) is 0 Å². The summed E-state index contributed by atoms with van der Waals surface area (Å²) in [6.07, 6.45) is 1.09. The number of sulfonamides is 1. The summed E-state index contributed by atoms with van der Waals surface area (Å²) in [5.41, 5.74) is 2.02. The van der Waals surface area contributed by atoms with E-state index < -0.39 is 28.5 Å².